The van der Waals surface area contributed by atoms with Gasteiger partial charge in [-0.3, -0.25) is 10.1 Å². The molecule has 3 amide bonds. The van der Waals surface area contributed by atoms with E-state index in [0.29, 0.717) is 23.0 Å². The molecule has 9 heteroatoms. The van der Waals surface area contributed by atoms with Gasteiger partial charge < -0.3 is 10.2 Å². The third kappa shape index (κ3) is 7.14. The summed E-state index contributed by atoms with van der Waals surface area (Å²) in [5.74, 6) is -0.348. The number of hydrogen-bond acceptors (Lipinski definition) is 3. The minimum Gasteiger partial charge on any atom is -0.336 e. The van der Waals surface area contributed by atoms with Crippen LogP contribution in [0.5, 0.6) is 0 Å². The molecule has 2 saturated heterocycles. The van der Waals surface area contributed by atoms with E-state index in [-0.39, 0.29) is 35.9 Å². The molecule has 0 spiro atoms. The Kier molecular flexibility index (Phi) is 8.68. The molecule has 3 heterocycles. The van der Waals surface area contributed by atoms with E-state index in [1.165, 1.54) is 17.7 Å². The number of aromatic nitrogens is 2. The number of halogens is 2. The van der Waals surface area contributed by atoms with Crippen LogP contribution in [0.15, 0.2) is 72.8 Å². The lowest BCUT2D eigenvalue weighted by Crippen LogP contribution is -2.47. The fourth-order valence-electron chi connectivity index (χ4n) is 6.90. The molecule has 2 unspecified atom stereocenters. The second-order valence-electron chi connectivity index (χ2n) is 13.9. The molecule has 7 nitrogen and oxygen atoms in total. The lowest BCUT2D eigenvalue weighted by atomic mass is 9.85. The van der Waals surface area contributed by atoms with E-state index >= 15 is 0 Å². The molecule has 0 aliphatic carbocycles. The first-order valence-corrected chi connectivity index (χ1v) is 16.0. The fourth-order valence-corrected chi connectivity index (χ4v) is 6.90. The molecule has 2 atom stereocenters. The van der Waals surface area contributed by atoms with Gasteiger partial charge in [0.05, 0.1) is 17.8 Å². The van der Waals surface area contributed by atoms with Crippen molar-refractivity contribution in [3.8, 4) is 5.69 Å². The molecule has 2 bridgehead atoms. The van der Waals surface area contributed by atoms with Crippen LogP contribution in [0.25, 0.3) is 5.69 Å². The summed E-state index contributed by atoms with van der Waals surface area (Å²) in [6.45, 7) is 8.30. The summed E-state index contributed by atoms with van der Waals surface area (Å²) < 4.78 is 29.1. The van der Waals surface area contributed by atoms with Crippen molar-refractivity contribution in [2.75, 3.05) is 10.6 Å². The highest BCUT2D eigenvalue weighted by Gasteiger charge is 2.42. The van der Waals surface area contributed by atoms with Crippen LogP contribution in [-0.4, -0.2) is 38.7 Å². The van der Waals surface area contributed by atoms with E-state index < -0.39 is 11.6 Å². The molecule has 240 valence electrons. The van der Waals surface area contributed by atoms with Gasteiger partial charge in [-0.15, -0.1) is 0 Å². The molecule has 2 N–H and O–H groups in total. The summed E-state index contributed by atoms with van der Waals surface area (Å²) in [7, 11) is 0. The highest BCUT2D eigenvalue weighted by Crippen LogP contribution is 2.40. The first-order valence-electron chi connectivity index (χ1n) is 16.0. The number of fused-ring (bicyclic) bond motifs is 2. The number of rotatable bonds is 7. The number of hydrogen-bond donors (Lipinski definition) is 2. The average molecular weight is 626 g/mol. The summed E-state index contributed by atoms with van der Waals surface area (Å²) in [6, 6.07) is 21.1. The zero-order valence-electron chi connectivity index (χ0n) is 26.8. The fraction of sp³-hybridized carbons (Fsp3) is 0.378. The van der Waals surface area contributed by atoms with Crippen molar-refractivity contribution in [2.24, 2.45) is 5.92 Å². The first kappa shape index (κ1) is 31.5. The molecule has 4 aromatic rings. The molecular formula is C37H41F2N5O2. The number of urea groups is 1. The molecule has 2 aliphatic rings. The number of piperidine rings is 1. The number of nitrogens with zero attached hydrogens (tertiary/aromatic N) is 3. The Labute approximate surface area is 269 Å². The van der Waals surface area contributed by atoms with E-state index in [4.69, 9.17) is 5.10 Å². The van der Waals surface area contributed by atoms with E-state index in [1.807, 2.05) is 66.4 Å². The molecule has 0 saturated carbocycles. The van der Waals surface area contributed by atoms with Gasteiger partial charge in [0.1, 0.15) is 17.5 Å². The maximum Gasteiger partial charge on any atom is 0.324 e. The summed E-state index contributed by atoms with van der Waals surface area (Å²) in [5, 5.41) is 10.7. The number of amides is 3. The highest BCUT2D eigenvalue weighted by molar-refractivity contribution is 5.99. The van der Waals surface area contributed by atoms with Crippen LogP contribution in [0.4, 0.5) is 25.1 Å². The molecule has 3 aromatic carbocycles. The van der Waals surface area contributed by atoms with Crippen molar-refractivity contribution in [3.63, 3.8) is 0 Å². The van der Waals surface area contributed by atoms with Gasteiger partial charge in [0.2, 0.25) is 5.91 Å². The zero-order chi connectivity index (χ0) is 32.6. The number of carbonyl (C=O) groups excluding carboxylic acids is 2. The monoisotopic (exact) mass is 625 g/mol. The Morgan fingerprint density at radius 2 is 1.48 bits per heavy atom. The topological polar surface area (TPSA) is 79.3 Å². The first-order chi connectivity index (χ1) is 21.9. The minimum atomic E-state index is -0.661. The van der Waals surface area contributed by atoms with Crippen molar-refractivity contribution >= 4 is 23.4 Å². The predicted octanol–water partition coefficient (Wildman–Crippen LogP) is 7.96. The van der Waals surface area contributed by atoms with E-state index in [1.54, 1.807) is 4.68 Å². The second kappa shape index (κ2) is 12.7. The van der Waals surface area contributed by atoms with Gasteiger partial charge in [-0.25, -0.2) is 18.3 Å². The van der Waals surface area contributed by atoms with Gasteiger partial charge in [-0.1, -0.05) is 50.6 Å². The highest BCUT2D eigenvalue weighted by atomic mass is 19.1. The third-order valence-electron chi connectivity index (χ3n) is 9.13. The predicted molar refractivity (Wildman–Crippen MR) is 176 cm³/mol. The van der Waals surface area contributed by atoms with Gasteiger partial charge in [-0.2, -0.15) is 5.10 Å². The minimum absolute atomic E-state index is 0.0143. The van der Waals surface area contributed by atoms with Crippen LogP contribution < -0.4 is 10.6 Å². The summed E-state index contributed by atoms with van der Waals surface area (Å²) in [4.78, 5) is 28.2. The summed E-state index contributed by atoms with van der Waals surface area (Å²) >= 11 is 0. The van der Waals surface area contributed by atoms with Crippen molar-refractivity contribution in [1.82, 2.24) is 14.7 Å². The lowest BCUT2D eigenvalue weighted by molar-refractivity contribution is -0.135. The van der Waals surface area contributed by atoms with E-state index in [2.05, 4.69) is 31.4 Å². The van der Waals surface area contributed by atoms with Crippen molar-refractivity contribution in [2.45, 2.75) is 83.7 Å². The standard InChI is InChI=1S/C37H41F2N5O2/c1-23-5-11-30(12-6-23)44-34(22-33(42-44)37(2,3)4)41-36(46)40-29-9-7-24(8-10-29)15-25-18-31-13-14-32(19-25)43(31)35(45)20-26-16-27(38)21-28(39)17-26/h5-12,16-17,21-22,25,31-32H,13-15,18-20H2,1-4H3,(H2,40,41,46). The smallest absolute Gasteiger partial charge is 0.324 e. The molecule has 46 heavy (non-hydrogen) atoms. The summed E-state index contributed by atoms with van der Waals surface area (Å²) in [5.41, 5.74) is 4.94. The van der Waals surface area contributed by atoms with Crippen LogP contribution >= 0.6 is 0 Å². The van der Waals surface area contributed by atoms with Crippen molar-refractivity contribution in [3.05, 3.63) is 107 Å². The Morgan fingerprint density at radius 3 is 2.09 bits per heavy atom. The van der Waals surface area contributed by atoms with Crippen LogP contribution in [-0.2, 0) is 23.1 Å². The van der Waals surface area contributed by atoms with Crippen LogP contribution in [0.3, 0.4) is 0 Å². The Balaban J connectivity index is 1.05. The van der Waals surface area contributed by atoms with E-state index in [0.717, 1.165) is 55.1 Å². The van der Waals surface area contributed by atoms with Gasteiger partial charge in [0, 0.05) is 35.3 Å². The number of aryl methyl sites for hydroxylation is 1. The summed E-state index contributed by atoms with van der Waals surface area (Å²) in [6.07, 6.45) is 4.65. The van der Waals surface area contributed by atoms with Gasteiger partial charge in [0.25, 0.3) is 0 Å². The second-order valence-corrected chi connectivity index (χ2v) is 13.9. The maximum absolute atomic E-state index is 13.6. The number of benzene rings is 3. The Bertz CT molecular complexity index is 1690. The molecule has 2 fully saturated rings. The molecule has 2 aliphatic heterocycles. The molecule has 0 radical (unpaired) electrons. The Hall–Kier alpha value is -4.53. The number of nitrogens with one attached hydrogen (secondary N) is 2. The normalized spacial score (nSPS) is 19.3. The van der Waals surface area contributed by atoms with Crippen LogP contribution in [0.2, 0.25) is 0 Å². The van der Waals surface area contributed by atoms with Crippen molar-refractivity contribution < 1.29 is 18.4 Å². The Morgan fingerprint density at radius 1 is 0.848 bits per heavy atom. The van der Waals surface area contributed by atoms with Crippen molar-refractivity contribution in [1.29, 1.82) is 0 Å². The average Bonchev–Trinajstić information content (AvgIpc) is 3.52. The SMILES string of the molecule is Cc1ccc(-n2nc(C(C)(C)C)cc2NC(=O)Nc2ccc(CC3CC4CCC(C3)N4C(=O)Cc3cc(F)cc(F)c3)cc2)cc1. The van der Waals surface area contributed by atoms with Gasteiger partial charge in [0.15, 0.2) is 0 Å². The lowest BCUT2D eigenvalue weighted by Gasteiger charge is -2.39. The largest absolute Gasteiger partial charge is 0.336 e. The number of anilines is 2. The van der Waals surface area contributed by atoms with E-state index in [9.17, 15) is 18.4 Å². The number of carbonyl (C=O) groups is 2. The molecular weight excluding hydrogens is 584 g/mol. The third-order valence-corrected chi connectivity index (χ3v) is 9.13. The van der Waals surface area contributed by atoms with Crippen LogP contribution in [0.1, 0.15) is 68.8 Å². The van der Waals surface area contributed by atoms with Gasteiger partial charge >= 0.3 is 6.03 Å². The molecule has 1 aromatic heterocycles. The molecule has 6 rings (SSSR count). The van der Waals surface area contributed by atoms with Gasteiger partial charge in [-0.05, 0) is 92.5 Å². The van der Waals surface area contributed by atoms with Crippen LogP contribution in [0, 0.1) is 24.5 Å². The zero-order valence-corrected chi connectivity index (χ0v) is 26.8. The quantitative estimate of drug-likeness (QED) is 0.219. The maximum atomic E-state index is 13.6.